The van der Waals surface area contributed by atoms with Crippen LogP contribution in [0, 0.1) is 6.92 Å². The standard InChI is InChI=1S/C22H24N2O6S2/c1-13(2)24-32(27,28)17-6-7-18(14(3)9-17)30-12-21(25)23-16-5-8-19-15(10-16)11-20(31-19)22(26)29-4/h5-11,13,24H,12H2,1-4H3,(H,23,25). The maximum Gasteiger partial charge on any atom is 0.348 e. The van der Waals surface area contributed by atoms with E-state index in [4.69, 9.17) is 9.47 Å². The van der Waals surface area contributed by atoms with Crippen molar-refractivity contribution in [3.63, 3.8) is 0 Å². The van der Waals surface area contributed by atoms with Crippen LogP contribution in [0.5, 0.6) is 5.75 Å². The van der Waals surface area contributed by atoms with E-state index < -0.39 is 16.0 Å². The van der Waals surface area contributed by atoms with Crippen LogP contribution in [0.4, 0.5) is 5.69 Å². The molecule has 0 bridgehead atoms. The summed E-state index contributed by atoms with van der Waals surface area (Å²) in [5.41, 5.74) is 1.16. The van der Waals surface area contributed by atoms with Crippen LogP contribution in [-0.2, 0) is 19.6 Å². The number of ether oxygens (including phenoxy) is 2. The van der Waals surface area contributed by atoms with Crippen LogP contribution in [0.1, 0.15) is 29.1 Å². The lowest BCUT2D eigenvalue weighted by molar-refractivity contribution is -0.118. The molecule has 2 aromatic carbocycles. The molecule has 10 heteroatoms. The fourth-order valence-electron chi connectivity index (χ4n) is 2.99. The van der Waals surface area contributed by atoms with Crippen LogP contribution in [-0.4, -0.2) is 40.1 Å². The zero-order valence-corrected chi connectivity index (χ0v) is 19.7. The van der Waals surface area contributed by atoms with Gasteiger partial charge in [0.15, 0.2) is 6.61 Å². The number of thiophene rings is 1. The number of nitrogens with one attached hydrogen (secondary N) is 2. The zero-order chi connectivity index (χ0) is 23.5. The highest BCUT2D eigenvalue weighted by Crippen LogP contribution is 2.28. The Bertz CT molecular complexity index is 1260. The first kappa shape index (κ1) is 23.7. The van der Waals surface area contributed by atoms with E-state index in [0.29, 0.717) is 21.9 Å². The van der Waals surface area contributed by atoms with Crippen LogP contribution in [0.2, 0.25) is 0 Å². The van der Waals surface area contributed by atoms with E-state index in [0.717, 1.165) is 10.1 Å². The molecule has 0 unspecified atom stereocenters. The molecule has 1 heterocycles. The van der Waals surface area contributed by atoms with E-state index in [1.807, 2.05) is 6.07 Å². The number of benzene rings is 2. The minimum atomic E-state index is -3.61. The second kappa shape index (κ2) is 9.68. The van der Waals surface area contributed by atoms with Crippen molar-refractivity contribution < 1.29 is 27.5 Å². The summed E-state index contributed by atoms with van der Waals surface area (Å²) in [5, 5.41) is 3.57. The number of anilines is 1. The summed E-state index contributed by atoms with van der Waals surface area (Å²) >= 11 is 1.31. The van der Waals surface area contributed by atoms with Gasteiger partial charge in [-0.2, -0.15) is 0 Å². The minimum Gasteiger partial charge on any atom is -0.483 e. The Morgan fingerprint density at radius 1 is 1.09 bits per heavy atom. The second-order valence-corrected chi connectivity index (χ2v) is 10.2. The van der Waals surface area contributed by atoms with Crippen molar-refractivity contribution in [3.8, 4) is 5.75 Å². The van der Waals surface area contributed by atoms with E-state index in [1.165, 1.54) is 36.6 Å². The monoisotopic (exact) mass is 476 g/mol. The summed E-state index contributed by atoms with van der Waals surface area (Å²) in [4.78, 5) is 24.6. The summed E-state index contributed by atoms with van der Waals surface area (Å²) in [7, 11) is -2.28. The normalized spacial score (nSPS) is 11.5. The van der Waals surface area contributed by atoms with Crippen LogP contribution in [0.15, 0.2) is 47.4 Å². The topological polar surface area (TPSA) is 111 Å². The summed E-state index contributed by atoms with van der Waals surface area (Å²) in [5.74, 6) is -0.357. The van der Waals surface area contributed by atoms with Crippen LogP contribution < -0.4 is 14.8 Å². The molecule has 0 aliphatic rings. The third kappa shape index (κ3) is 5.64. The molecule has 0 saturated carbocycles. The average Bonchev–Trinajstić information content (AvgIpc) is 3.14. The van der Waals surface area contributed by atoms with Crippen LogP contribution in [0.25, 0.3) is 10.1 Å². The number of fused-ring (bicyclic) bond motifs is 1. The van der Waals surface area contributed by atoms with Crippen molar-refractivity contribution in [3.05, 3.63) is 52.9 Å². The van der Waals surface area contributed by atoms with Crippen LogP contribution >= 0.6 is 11.3 Å². The molecule has 0 spiro atoms. The lowest BCUT2D eigenvalue weighted by Crippen LogP contribution is -2.30. The third-order valence-corrected chi connectivity index (χ3v) is 7.15. The highest BCUT2D eigenvalue weighted by atomic mass is 32.2. The zero-order valence-electron chi connectivity index (χ0n) is 18.1. The maximum absolute atomic E-state index is 12.3. The van der Waals surface area contributed by atoms with E-state index in [9.17, 15) is 18.0 Å². The molecular formula is C22H24N2O6S2. The molecule has 32 heavy (non-hydrogen) atoms. The van der Waals surface area contributed by atoms with Crippen LogP contribution in [0.3, 0.4) is 0 Å². The largest absolute Gasteiger partial charge is 0.483 e. The first-order valence-corrected chi connectivity index (χ1v) is 12.1. The SMILES string of the molecule is COC(=O)c1cc2cc(NC(=O)COc3ccc(S(=O)(=O)NC(C)C)cc3C)ccc2s1. The molecule has 0 saturated heterocycles. The second-order valence-electron chi connectivity index (χ2n) is 7.39. The first-order chi connectivity index (χ1) is 15.1. The summed E-state index contributed by atoms with van der Waals surface area (Å²) in [6.45, 7) is 4.96. The first-order valence-electron chi connectivity index (χ1n) is 9.76. The highest BCUT2D eigenvalue weighted by molar-refractivity contribution is 7.89. The predicted octanol–water partition coefficient (Wildman–Crippen LogP) is 3.70. The Kier molecular flexibility index (Phi) is 7.17. The Morgan fingerprint density at radius 2 is 1.84 bits per heavy atom. The number of amides is 1. The molecule has 0 aliphatic carbocycles. The molecule has 0 radical (unpaired) electrons. The number of methoxy groups -OCH3 is 1. The van der Waals surface area contributed by atoms with Crippen molar-refractivity contribution in [2.24, 2.45) is 0 Å². The molecular weight excluding hydrogens is 452 g/mol. The quantitative estimate of drug-likeness (QED) is 0.480. The van der Waals surface area contributed by atoms with E-state index in [1.54, 1.807) is 39.0 Å². The van der Waals surface area contributed by atoms with Gasteiger partial charge in [-0.15, -0.1) is 11.3 Å². The number of sulfonamides is 1. The summed E-state index contributed by atoms with van der Waals surface area (Å²) < 4.78 is 38.3. The van der Waals surface area contributed by atoms with Gasteiger partial charge >= 0.3 is 5.97 Å². The molecule has 0 aliphatic heterocycles. The number of rotatable bonds is 8. The van der Waals surface area contributed by atoms with Gasteiger partial charge in [-0.3, -0.25) is 4.79 Å². The van der Waals surface area contributed by atoms with Gasteiger partial charge in [0.1, 0.15) is 10.6 Å². The molecule has 8 nitrogen and oxygen atoms in total. The molecule has 3 rings (SSSR count). The number of aryl methyl sites for hydroxylation is 1. The minimum absolute atomic E-state index is 0.135. The highest BCUT2D eigenvalue weighted by Gasteiger charge is 2.17. The maximum atomic E-state index is 12.3. The van der Waals surface area contributed by atoms with Gasteiger partial charge in [-0.25, -0.2) is 17.9 Å². The van der Waals surface area contributed by atoms with Gasteiger partial charge in [-0.1, -0.05) is 0 Å². The number of carbonyl (C=O) groups is 2. The smallest absolute Gasteiger partial charge is 0.348 e. The van der Waals surface area contributed by atoms with Crippen molar-refractivity contribution in [1.29, 1.82) is 0 Å². The van der Waals surface area contributed by atoms with Gasteiger partial charge in [0.2, 0.25) is 10.0 Å². The summed E-state index contributed by atoms with van der Waals surface area (Å²) in [6, 6.07) is 11.3. The average molecular weight is 477 g/mol. The molecule has 2 N–H and O–H groups in total. The van der Waals surface area contributed by atoms with Crippen molar-refractivity contribution in [2.45, 2.75) is 31.7 Å². The summed E-state index contributed by atoms with van der Waals surface area (Å²) in [6.07, 6.45) is 0. The van der Waals surface area contributed by atoms with E-state index in [2.05, 4.69) is 10.0 Å². The number of hydrogen-bond acceptors (Lipinski definition) is 7. The Morgan fingerprint density at radius 3 is 2.50 bits per heavy atom. The van der Waals surface area contributed by atoms with Gasteiger partial charge in [-0.05, 0) is 74.2 Å². The number of esters is 1. The van der Waals surface area contributed by atoms with Crippen molar-refractivity contribution in [1.82, 2.24) is 4.72 Å². The lowest BCUT2D eigenvalue weighted by Gasteiger charge is -2.13. The number of hydrogen-bond donors (Lipinski definition) is 2. The predicted molar refractivity (Wildman–Crippen MR) is 124 cm³/mol. The molecule has 0 atom stereocenters. The molecule has 170 valence electrons. The van der Waals surface area contributed by atoms with Gasteiger partial charge in [0.05, 0.1) is 12.0 Å². The van der Waals surface area contributed by atoms with Gasteiger partial charge in [0.25, 0.3) is 5.91 Å². The van der Waals surface area contributed by atoms with E-state index >= 15 is 0 Å². The Balaban J connectivity index is 1.64. The van der Waals surface area contributed by atoms with E-state index in [-0.39, 0.29) is 23.5 Å². The van der Waals surface area contributed by atoms with Gasteiger partial charge in [0, 0.05) is 16.4 Å². The lowest BCUT2D eigenvalue weighted by atomic mass is 10.2. The Hall–Kier alpha value is -2.95. The third-order valence-electron chi connectivity index (χ3n) is 4.39. The molecule has 3 aromatic rings. The van der Waals surface area contributed by atoms with Crippen molar-refractivity contribution >= 4 is 49.0 Å². The molecule has 0 fully saturated rings. The fourth-order valence-corrected chi connectivity index (χ4v) is 5.29. The molecule has 1 aromatic heterocycles. The Labute approximate surface area is 190 Å². The van der Waals surface area contributed by atoms with Gasteiger partial charge < -0.3 is 14.8 Å². The molecule has 1 amide bonds. The number of carbonyl (C=O) groups excluding carboxylic acids is 2. The fraction of sp³-hybridized carbons (Fsp3) is 0.273. The van der Waals surface area contributed by atoms with Crippen molar-refractivity contribution in [2.75, 3.05) is 19.0 Å².